The number of nitro benzene ring substituents is 1. The SMILES string of the molecule is Cc1ccc(Sc2ccc(/C=N\Nc3nc(N4CCCC4)nc(N4CCCC4)n3)cc2[N+](=O)[O-])cc1. The number of nitrogens with one attached hydrogen (secondary N) is 1. The summed E-state index contributed by atoms with van der Waals surface area (Å²) in [5.74, 6) is 1.69. The van der Waals surface area contributed by atoms with Gasteiger partial charge in [0.25, 0.3) is 5.69 Å². The summed E-state index contributed by atoms with van der Waals surface area (Å²) in [6.07, 6.45) is 6.05. The molecule has 0 unspecified atom stereocenters. The molecule has 186 valence electrons. The van der Waals surface area contributed by atoms with Gasteiger partial charge in [-0.15, -0.1) is 0 Å². The first-order valence-corrected chi connectivity index (χ1v) is 12.9. The molecule has 2 saturated heterocycles. The smallest absolute Gasteiger partial charge is 0.283 e. The van der Waals surface area contributed by atoms with Crippen molar-refractivity contribution in [2.24, 2.45) is 5.10 Å². The minimum atomic E-state index is -0.363. The highest BCUT2D eigenvalue weighted by molar-refractivity contribution is 7.99. The van der Waals surface area contributed by atoms with Crippen molar-refractivity contribution in [3.63, 3.8) is 0 Å². The maximum absolute atomic E-state index is 11.7. The van der Waals surface area contributed by atoms with E-state index >= 15 is 0 Å². The van der Waals surface area contributed by atoms with Crippen LogP contribution in [-0.4, -0.2) is 52.3 Å². The first-order valence-electron chi connectivity index (χ1n) is 12.1. The van der Waals surface area contributed by atoms with Crippen LogP contribution in [0, 0.1) is 17.0 Å². The van der Waals surface area contributed by atoms with Crippen molar-refractivity contribution in [2.45, 2.75) is 42.4 Å². The lowest BCUT2D eigenvalue weighted by Gasteiger charge is -2.20. The van der Waals surface area contributed by atoms with Gasteiger partial charge in [0.1, 0.15) is 0 Å². The Balaban J connectivity index is 1.33. The predicted molar refractivity (Wildman–Crippen MR) is 142 cm³/mol. The Labute approximate surface area is 214 Å². The molecule has 0 saturated carbocycles. The summed E-state index contributed by atoms with van der Waals surface area (Å²) in [5.41, 5.74) is 4.70. The molecular formula is C25H28N8O2S. The number of nitrogens with zero attached hydrogens (tertiary/aromatic N) is 7. The Hall–Kier alpha value is -3.73. The van der Waals surface area contributed by atoms with Gasteiger partial charge < -0.3 is 9.80 Å². The number of hydrogen-bond acceptors (Lipinski definition) is 10. The van der Waals surface area contributed by atoms with E-state index in [1.165, 1.54) is 17.8 Å². The molecule has 0 atom stereocenters. The number of hydrogen-bond donors (Lipinski definition) is 1. The van der Waals surface area contributed by atoms with E-state index in [-0.39, 0.29) is 10.6 Å². The quantitative estimate of drug-likeness (QED) is 0.260. The normalized spacial score (nSPS) is 15.7. The Bertz CT molecular complexity index is 1220. The molecule has 0 bridgehead atoms. The van der Waals surface area contributed by atoms with E-state index in [2.05, 4.69) is 30.3 Å². The minimum absolute atomic E-state index is 0.0392. The van der Waals surface area contributed by atoms with E-state index in [0.717, 1.165) is 62.3 Å². The van der Waals surface area contributed by atoms with Crippen molar-refractivity contribution >= 4 is 41.5 Å². The van der Waals surface area contributed by atoms with Crippen LogP contribution >= 0.6 is 11.8 Å². The summed E-state index contributed by atoms with van der Waals surface area (Å²) in [6, 6.07) is 13.0. The van der Waals surface area contributed by atoms with Crippen molar-refractivity contribution in [3.05, 3.63) is 63.7 Å². The maximum atomic E-state index is 11.7. The molecule has 2 aliphatic heterocycles. The van der Waals surface area contributed by atoms with Crippen LogP contribution in [-0.2, 0) is 0 Å². The third kappa shape index (κ3) is 5.73. The second-order valence-corrected chi connectivity index (χ2v) is 10.0. The van der Waals surface area contributed by atoms with Crippen LogP contribution in [0.15, 0.2) is 57.4 Å². The molecule has 0 aliphatic carbocycles. The fourth-order valence-corrected chi connectivity index (χ4v) is 5.16. The highest BCUT2D eigenvalue weighted by Crippen LogP contribution is 2.35. The van der Waals surface area contributed by atoms with Gasteiger partial charge in [0.15, 0.2) is 0 Å². The maximum Gasteiger partial charge on any atom is 0.283 e. The molecule has 1 N–H and O–H groups in total. The molecule has 0 amide bonds. The molecule has 0 spiro atoms. The van der Waals surface area contributed by atoms with E-state index in [1.807, 2.05) is 37.3 Å². The van der Waals surface area contributed by atoms with Crippen molar-refractivity contribution in [1.29, 1.82) is 0 Å². The largest absolute Gasteiger partial charge is 0.341 e. The van der Waals surface area contributed by atoms with Gasteiger partial charge >= 0.3 is 0 Å². The number of aryl methyl sites for hydroxylation is 1. The molecule has 3 aromatic rings. The number of anilines is 3. The average molecular weight is 505 g/mol. The number of nitro groups is 1. The molecule has 2 aliphatic rings. The molecule has 1 aromatic heterocycles. The van der Waals surface area contributed by atoms with Crippen molar-refractivity contribution in [1.82, 2.24) is 15.0 Å². The molecule has 36 heavy (non-hydrogen) atoms. The lowest BCUT2D eigenvalue weighted by molar-refractivity contribution is -0.387. The summed E-state index contributed by atoms with van der Waals surface area (Å²) in [5, 5.41) is 16.0. The lowest BCUT2D eigenvalue weighted by atomic mass is 10.2. The van der Waals surface area contributed by atoms with Crippen molar-refractivity contribution in [2.75, 3.05) is 41.4 Å². The molecule has 10 nitrogen and oxygen atoms in total. The summed E-state index contributed by atoms with van der Waals surface area (Å²) in [6.45, 7) is 5.74. The third-order valence-corrected chi connectivity index (χ3v) is 7.27. The molecule has 0 radical (unpaired) electrons. The van der Waals surface area contributed by atoms with Crippen LogP contribution in [0.1, 0.15) is 36.8 Å². The first-order chi connectivity index (χ1) is 17.5. The fourth-order valence-electron chi connectivity index (χ4n) is 4.26. The van der Waals surface area contributed by atoms with E-state index in [1.54, 1.807) is 12.3 Å². The summed E-state index contributed by atoms with van der Waals surface area (Å²) >= 11 is 1.37. The van der Waals surface area contributed by atoms with Crippen molar-refractivity contribution in [3.8, 4) is 0 Å². The van der Waals surface area contributed by atoms with Crippen LogP contribution in [0.4, 0.5) is 23.5 Å². The Morgan fingerprint density at radius 1 is 0.944 bits per heavy atom. The minimum Gasteiger partial charge on any atom is -0.341 e. The van der Waals surface area contributed by atoms with Crippen LogP contribution in [0.2, 0.25) is 0 Å². The molecule has 11 heteroatoms. The van der Waals surface area contributed by atoms with Gasteiger partial charge in [0.2, 0.25) is 17.8 Å². The van der Waals surface area contributed by atoms with Gasteiger partial charge in [0.05, 0.1) is 16.0 Å². The van der Waals surface area contributed by atoms with E-state index in [4.69, 9.17) is 4.98 Å². The number of hydrazone groups is 1. The predicted octanol–water partition coefficient (Wildman–Crippen LogP) is 4.89. The molecular weight excluding hydrogens is 476 g/mol. The van der Waals surface area contributed by atoms with Gasteiger partial charge in [-0.3, -0.25) is 10.1 Å². The Morgan fingerprint density at radius 2 is 1.56 bits per heavy atom. The standard InChI is InChI=1S/C25H28N8O2S/c1-18-6-9-20(10-7-18)36-22-11-8-19(16-21(22)33(34)35)17-26-30-23-27-24(31-12-2-3-13-31)29-25(28-23)32-14-4-5-15-32/h6-11,16-17H,2-5,12-15H2,1H3,(H,27,28,29,30)/b26-17-. The van der Waals surface area contributed by atoms with E-state index < -0.39 is 0 Å². The average Bonchev–Trinajstić information content (AvgIpc) is 3.61. The van der Waals surface area contributed by atoms with Crippen molar-refractivity contribution < 1.29 is 4.92 Å². The zero-order valence-electron chi connectivity index (χ0n) is 20.1. The molecule has 5 rings (SSSR count). The number of benzene rings is 2. The number of rotatable bonds is 8. The zero-order chi connectivity index (χ0) is 24.9. The monoisotopic (exact) mass is 504 g/mol. The second-order valence-electron chi connectivity index (χ2n) is 8.92. The van der Waals surface area contributed by atoms with Crippen LogP contribution in [0.5, 0.6) is 0 Å². The van der Waals surface area contributed by atoms with Crippen LogP contribution in [0.3, 0.4) is 0 Å². The zero-order valence-corrected chi connectivity index (χ0v) is 20.9. The van der Waals surface area contributed by atoms with Crippen LogP contribution in [0.25, 0.3) is 0 Å². The highest BCUT2D eigenvalue weighted by atomic mass is 32.2. The summed E-state index contributed by atoms with van der Waals surface area (Å²) < 4.78 is 0. The molecule has 2 aromatic carbocycles. The molecule has 3 heterocycles. The summed E-state index contributed by atoms with van der Waals surface area (Å²) in [4.78, 5) is 31.1. The Morgan fingerprint density at radius 3 is 2.14 bits per heavy atom. The topological polar surface area (TPSA) is 113 Å². The fraction of sp³-hybridized carbons (Fsp3) is 0.360. The van der Waals surface area contributed by atoms with Gasteiger partial charge in [0, 0.05) is 42.7 Å². The molecule has 2 fully saturated rings. The lowest BCUT2D eigenvalue weighted by Crippen LogP contribution is -2.25. The Kier molecular flexibility index (Phi) is 7.26. The third-order valence-electron chi connectivity index (χ3n) is 6.20. The van der Waals surface area contributed by atoms with E-state index in [9.17, 15) is 10.1 Å². The van der Waals surface area contributed by atoms with Gasteiger partial charge in [-0.25, -0.2) is 5.43 Å². The van der Waals surface area contributed by atoms with Gasteiger partial charge in [-0.2, -0.15) is 20.1 Å². The first kappa shape index (κ1) is 24.0. The summed E-state index contributed by atoms with van der Waals surface area (Å²) in [7, 11) is 0. The number of aromatic nitrogens is 3. The van der Waals surface area contributed by atoms with Gasteiger partial charge in [-0.05, 0) is 50.8 Å². The highest BCUT2D eigenvalue weighted by Gasteiger charge is 2.21. The van der Waals surface area contributed by atoms with Gasteiger partial charge in [-0.1, -0.05) is 35.5 Å². The second kappa shape index (κ2) is 10.9. The van der Waals surface area contributed by atoms with E-state index in [0.29, 0.717) is 28.3 Å². The van der Waals surface area contributed by atoms with Crippen LogP contribution < -0.4 is 15.2 Å².